The first-order valence-corrected chi connectivity index (χ1v) is 11.5. The molecule has 0 bridgehead atoms. The molecular weight excluding hydrogens is 396 g/mol. The topological polar surface area (TPSA) is 118 Å². The van der Waals surface area contributed by atoms with Gasteiger partial charge in [0.2, 0.25) is 24.3 Å². The van der Waals surface area contributed by atoms with E-state index in [4.69, 9.17) is 0 Å². The smallest absolute Gasteiger partial charge is 0.211 e. The van der Waals surface area contributed by atoms with Crippen LogP contribution in [0.3, 0.4) is 0 Å². The van der Waals surface area contributed by atoms with Crippen molar-refractivity contribution in [1.82, 2.24) is 0 Å². The van der Waals surface area contributed by atoms with Crippen molar-refractivity contribution in [3.8, 4) is 0 Å². The lowest BCUT2D eigenvalue weighted by Crippen LogP contribution is -1.85. The van der Waals surface area contributed by atoms with E-state index in [0.717, 1.165) is 51.4 Å². The Morgan fingerprint density at radius 3 is 0.613 bits per heavy atom. The van der Waals surface area contributed by atoms with Crippen LogP contribution in [0, 0.1) is 0 Å². The minimum absolute atomic E-state index is 0.609. The fourth-order valence-electron chi connectivity index (χ4n) is 2.89. The second-order valence-corrected chi connectivity index (χ2v) is 7.20. The first-order chi connectivity index (χ1) is 15.3. The van der Waals surface area contributed by atoms with Gasteiger partial charge in [-0.15, -0.1) is 0 Å². The number of hydrogen-bond acceptors (Lipinski definition) is 8. The van der Waals surface area contributed by atoms with Crippen LogP contribution in [0.2, 0.25) is 0 Å². The van der Waals surface area contributed by atoms with Crippen LogP contribution in [0.5, 0.6) is 0 Å². The van der Waals surface area contributed by atoms with Crippen molar-refractivity contribution in [2.75, 3.05) is 26.2 Å². The van der Waals surface area contributed by atoms with Gasteiger partial charge in [-0.05, 0) is 25.7 Å². The summed E-state index contributed by atoms with van der Waals surface area (Å²) in [6.07, 6.45) is 23.1. The van der Waals surface area contributed by atoms with Gasteiger partial charge >= 0.3 is 0 Å². The van der Waals surface area contributed by atoms with Crippen LogP contribution in [0.25, 0.3) is 0 Å². The SMILES string of the molecule is O=C=NCCCCCCCCCCN=C=O.O=C=NCCCCCCCCCN=C=O. The molecule has 0 spiro atoms. The van der Waals surface area contributed by atoms with E-state index >= 15 is 0 Å². The Morgan fingerprint density at radius 1 is 0.290 bits per heavy atom. The molecule has 0 radical (unpaired) electrons. The lowest BCUT2D eigenvalue weighted by molar-refractivity contribution is 0.553. The van der Waals surface area contributed by atoms with Gasteiger partial charge in [0.15, 0.2) is 0 Å². The zero-order chi connectivity index (χ0) is 23.1. The maximum atomic E-state index is 9.76. The standard InChI is InChI=1S/C12H20N2O2.C11H18N2O2/c15-11-13-9-7-5-3-1-2-4-6-8-10-14-12-16;14-10-12-8-6-4-2-1-3-5-7-9-13-11-15/h1-10H2;1-9H2. The van der Waals surface area contributed by atoms with Crippen molar-refractivity contribution >= 4 is 24.3 Å². The number of unbranched alkanes of at least 4 members (excludes halogenated alkanes) is 13. The second kappa shape index (κ2) is 32.2. The molecule has 0 N–H and O–H groups in total. The second-order valence-electron chi connectivity index (χ2n) is 7.20. The predicted octanol–water partition coefficient (Wildman–Crippen LogP) is 5.17. The summed E-state index contributed by atoms with van der Waals surface area (Å²) in [6.45, 7) is 2.45. The first kappa shape index (κ1) is 30.7. The van der Waals surface area contributed by atoms with Gasteiger partial charge in [0, 0.05) is 0 Å². The zero-order valence-corrected chi connectivity index (χ0v) is 18.9. The third-order valence-corrected chi connectivity index (χ3v) is 4.59. The molecular formula is C23H38N4O4. The molecule has 0 unspecified atom stereocenters. The molecule has 0 heterocycles. The summed E-state index contributed by atoms with van der Waals surface area (Å²) < 4.78 is 0. The summed E-state index contributed by atoms with van der Waals surface area (Å²) >= 11 is 0. The third kappa shape index (κ3) is 35.3. The maximum Gasteiger partial charge on any atom is 0.234 e. The molecule has 0 saturated heterocycles. The van der Waals surface area contributed by atoms with E-state index in [9.17, 15) is 19.2 Å². The van der Waals surface area contributed by atoms with Crippen molar-refractivity contribution in [2.45, 2.75) is 96.3 Å². The van der Waals surface area contributed by atoms with E-state index in [0.29, 0.717) is 26.2 Å². The van der Waals surface area contributed by atoms with E-state index < -0.39 is 0 Å². The van der Waals surface area contributed by atoms with Crippen molar-refractivity contribution in [3.63, 3.8) is 0 Å². The Labute approximate surface area is 186 Å². The van der Waals surface area contributed by atoms with Gasteiger partial charge in [0.05, 0.1) is 26.2 Å². The number of carbonyl (C=O) groups excluding carboxylic acids is 4. The van der Waals surface area contributed by atoms with E-state index in [1.165, 1.54) is 57.1 Å². The van der Waals surface area contributed by atoms with Crippen molar-refractivity contribution in [2.24, 2.45) is 20.0 Å². The van der Waals surface area contributed by atoms with Crippen LogP contribution in [-0.2, 0) is 19.2 Å². The van der Waals surface area contributed by atoms with Crippen molar-refractivity contribution < 1.29 is 19.2 Å². The van der Waals surface area contributed by atoms with Crippen LogP contribution in [0.1, 0.15) is 96.3 Å². The van der Waals surface area contributed by atoms with Crippen LogP contribution in [0.15, 0.2) is 20.0 Å². The van der Waals surface area contributed by atoms with Crippen molar-refractivity contribution in [3.05, 3.63) is 0 Å². The molecule has 0 saturated carbocycles. The highest BCUT2D eigenvalue weighted by molar-refractivity contribution is 5.33. The number of rotatable bonds is 21. The van der Waals surface area contributed by atoms with Gasteiger partial charge in [-0.3, -0.25) is 0 Å². The Bertz CT molecular complexity index is 522. The fourth-order valence-corrected chi connectivity index (χ4v) is 2.89. The van der Waals surface area contributed by atoms with Gasteiger partial charge in [0.1, 0.15) is 0 Å². The summed E-state index contributed by atoms with van der Waals surface area (Å²) in [5, 5.41) is 0. The molecule has 0 aromatic heterocycles. The molecule has 8 nitrogen and oxygen atoms in total. The van der Waals surface area contributed by atoms with E-state index in [2.05, 4.69) is 20.0 Å². The Morgan fingerprint density at radius 2 is 0.452 bits per heavy atom. The summed E-state index contributed by atoms with van der Waals surface area (Å²) in [7, 11) is 0. The highest BCUT2D eigenvalue weighted by Crippen LogP contribution is 2.09. The average Bonchev–Trinajstić information content (AvgIpc) is 2.79. The van der Waals surface area contributed by atoms with Gasteiger partial charge < -0.3 is 0 Å². The molecule has 0 aliphatic heterocycles. The molecule has 0 fully saturated rings. The lowest BCUT2D eigenvalue weighted by atomic mass is 10.1. The largest absolute Gasteiger partial charge is 0.234 e. The number of aliphatic imine (C=N–C) groups is 4. The number of nitrogens with zero attached hydrogens (tertiary/aromatic N) is 4. The Kier molecular flexibility index (Phi) is 31.9. The Balaban J connectivity index is 0. The molecule has 0 atom stereocenters. The molecule has 8 heteroatoms. The van der Waals surface area contributed by atoms with Crippen LogP contribution >= 0.6 is 0 Å². The molecule has 0 aliphatic rings. The average molecular weight is 435 g/mol. The third-order valence-electron chi connectivity index (χ3n) is 4.59. The van der Waals surface area contributed by atoms with Crippen molar-refractivity contribution in [1.29, 1.82) is 0 Å². The molecule has 174 valence electrons. The summed E-state index contributed by atoms with van der Waals surface area (Å²) in [5.41, 5.74) is 0. The van der Waals surface area contributed by atoms with Gasteiger partial charge in [-0.2, -0.15) is 0 Å². The minimum Gasteiger partial charge on any atom is -0.211 e. The predicted molar refractivity (Wildman–Crippen MR) is 121 cm³/mol. The van der Waals surface area contributed by atoms with Crippen LogP contribution < -0.4 is 0 Å². The quantitative estimate of drug-likeness (QED) is 0.141. The fraction of sp³-hybridized carbons (Fsp3) is 0.826. The van der Waals surface area contributed by atoms with Gasteiger partial charge in [-0.25, -0.2) is 39.1 Å². The van der Waals surface area contributed by atoms with E-state index in [-0.39, 0.29) is 0 Å². The summed E-state index contributed by atoms with van der Waals surface area (Å²) in [4.78, 5) is 53.0. The minimum atomic E-state index is 0.609. The highest BCUT2D eigenvalue weighted by Gasteiger charge is 1.92. The molecule has 31 heavy (non-hydrogen) atoms. The molecule has 0 aromatic carbocycles. The summed E-state index contributed by atoms with van der Waals surface area (Å²) in [5.74, 6) is 0. The highest BCUT2D eigenvalue weighted by atomic mass is 16.1. The number of hydrogen-bond donors (Lipinski definition) is 0. The van der Waals surface area contributed by atoms with Gasteiger partial charge in [0.25, 0.3) is 0 Å². The molecule has 0 aliphatic carbocycles. The van der Waals surface area contributed by atoms with Gasteiger partial charge in [-0.1, -0.05) is 70.6 Å². The maximum absolute atomic E-state index is 9.76. The molecule has 0 rings (SSSR count). The Hall–Kier alpha value is -2.48. The molecule has 0 aromatic rings. The monoisotopic (exact) mass is 434 g/mol. The number of isocyanates is 4. The zero-order valence-electron chi connectivity index (χ0n) is 18.9. The van der Waals surface area contributed by atoms with Crippen LogP contribution in [0.4, 0.5) is 0 Å². The molecule has 0 amide bonds. The van der Waals surface area contributed by atoms with E-state index in [1.54, 1.807) is 12.2 Å². The lowest BCUT2D eigenvalue weighted by Gasteiger charge is -1.99. The van der Waals surface area contributed by atoms with E-state index in [1.807, 2.05) is 0 Å². The first-order valence-electron chi connectivity index (χ1n) is 11.5. The van der Waals surface area contributed by atoms with Crippen LogP contribution in [-0.4, -0.2) is 50.5 Å². The summed E-state index contributed by atoms with van der Waals surface area (Å²) in [6, 6.07) is 0. The normalized spacial score (nSPS) is 9.16.